The maximum absolute atomic E-state index is 12.3. The summed E-state index contributed by atoms with van der Waals surface area (Å²) < 4.78 is 43.5. The highest BCUT2D eigenvalue weighted by molar-refractivity contribution is 14.0. The highest BCUT2D eigenvalue weighted by atomic mass is 127. The Morgan fingerprint density at radius 1 is 1.36 bits per heavy atom. The van der Waals surface area contributed by atoms with Crippen LogP contribution in [0.3, 0.4) is 0 Å². The summed E-state index contributed by atoms with van der Waals surface area (Å²) in [5.74, 6) is 0.635. The Kier molecular flexibility index (Phi) is 9.56. The number of nitrogens with one attached hydrogen (secondary N) is 1. The van der Waals surface area contributed by atoms with Crippen molar-refractivity contribution in [3.05, 3.63) is 47.9 Å². The molecular formula is C18H25F3IN5O. The average molecular weight is 511 g/mol. The summed E-state index contributed by atoms with van der Waals surface area (Å²) in [6, 6.07) is 7.18. The van der Waals surface area contributed by atoms with Gasteiger partial charge in [-0.05, 0) is 30.7 Å². The van der Waals surface area contributed by atoms with Crippen LogP contribution in [0.15, 0.2) is 41.7 Å². The SMILES string of the molecule is CCNC(=NCc1ccnc(OCC(F)(F)F)c1)N(C)Cc1cccn1C.I. The molecular weight excluding hydrogens is 486 g/mol. The number of halogens is 4. The predicted molar refractivity (Wildman–Crippen MR) is 113 cm³/mol. The van der Waals surface area contributed by atoms with Gasteiger partial charge in [0.25, 0.3) is 0 Å². The molecule has 0 radical (unpaired) electrons. The van der Waals surface area contributed by atoms with E-state index in [1.807, 2.05) is 48.8 Å². The standard InChI is InChI=1S/C18H24F3N5O.HI/c1-4-22-17(26(3)12-15-6-5-9-25(15)2)24-11-14-7-8-23-16(10-14)27-13-18(19,20)21;/h5-10H,4,11-13H2,1-3H3,(H,22,24);1H. The minimum absolute atomic E-state index is 0. The van der Waals surface area contributed by atoms with Crippen molar-refractivity contribution in [3.63, 3.8) is 0 Å². The van der Waals surface area contributed by atoms with E-state index in [1.165, 1.54) is 12.3 Å². The second-order valence-electron chi connectivity index (χ2n) is 6.04. The first-order valence-electron chi connectivity index (χ1n) is 8.52. The van der Waals surface area contributed by atoms with Crippen LogP contribution in [0.5, 0.6) is 5.88 Å². The number of pyridine rings is 1. The van der Waals surface area contributed by atoms with Crippen LogP contribution in [0.2, 0.25) is 0 Å². The Labute approximate surface area is 179 Å². The molecule has 0 fully saturated rings. The van der Waals surface area contributed by atoms with Crippen LogP contribution in [-0.2, 0) is 20.1 Å². The fourth-order valence-electron chi connectivity index (χ4n) is 2.40. The number of rotatable bonds is 7. The van der Waals surface area contributed by atoms with Crippen molar-refractivity contribution in [3.8, 4) is 5.88 Å². The number of aryl methyl sites for hydroxylation is 1. The normalized spacial score (nSPS) is 11.7. The molecule has 2 aromatic heterocycles. The second-order valence-corrected chi connectivity index (χ2v) is 6.04. The van der Waals surface area contributed by atoms with Crippen molar-refractivity contribution in [1.29, 1.82) is 0 Å². The Bertz CT molecular complexity index is 764. The molecule has 28 heavy (non-hydrogen) atoms. The zero-order chi connectivity index (χ0) is 19.9. The first kappa shape index (κ1) is 24.1. The number of aliphatic imine (C=N–C) groups is 1. The fraction of sp³-hybridized carbons (Fsp3) is 0.444. The van der Waals surface area contributed by atoms with Crippen molar-refractivity contribution >= 4 is 29.9 Å². The van der Waals surface area contributed by atoms with Crippen LogP contribution in [0.4, 0.5) is 13.2 Å². The van der Waals surface area contributed by atoms with Crippen LogP contribution < -0.4 is 10.1 Å². The molecule has 0 aliphatic rings. The third-order valence-corrected chi connectivity index (χ3v) is 3.74. The molecule has 0 spiro atoms. The zero-order valence-electron chi connectivity index (χ0n) is 16.0. The smallest absolute Gasteiger partial charge is 0.422 e. The van der Waals surface area contributed by atoms with Gasteiger partial charge in [0.05, 0.1) is 13.1 Å². The summed E-state index contributed by atoms with van der Waals surface area (Å²) in [5, 5.41) is 3.22. The molecule has 2 aromatic rings. The number of nitrogens with zero attached hydrogens (tertiary/aromatic N) is 4. The number of ether oxygens (including phenoxy) is 1. The first-order valence-corrected chi connectivity index (χ1v) is 8.52. The molecule has 2 heterocycles. The number of hydrogen-bond acceptors (Lipinski definition) is 3. The molecule has 10 heteroatoms. The van der Waals surface area contributed by atoms with Crippen LogP contribution >= 0.6 is 24.0 Å². The summed E-state index contributed by atoms with van der Waals surface area (Å²) >= 11 is 0. The number of hydrogen-bond donors (Lipinski definition) is 1. The molecule has 0 aromatic carbocycles. The quantitative estimate of drug-likeness (QED) is 0.351. The van der Waals surface area contributed by atoms with Gasteiger partial charge in [0, 0.05) is 44.8 Å². The molecule has 156 valence electrons. The second kappa shape index (κ2) is 11.1. The average Bonchev–Trinajstić information content (AvgIpc) is 3.01. The van der Waals surface area contributed by atoms with Gasteiger partial charge in [-0.1, -0.05) is 0 Å². The lowest BCUT2D eigenvalue weighted by molar-refractivity contribution is -0.154. The van der Waals surface area contributed by atoms with E-state index in [1.54, 1.807) is 6.07 Å². The fourth-order valence-corrected chi connectivity index (χ4v) is 2.40. The number of guanidine groups is 1. The van der Waals surface area contributed by atoms with E-state index in [2.05, 4.69) is 20.0 Å². The highest BCUT2D eigenvalue weighted by Crippen LogP contribution is 2.18. The summed E-state index contributed by atoms with van der Waals surface area (Å²) in [7, 11) is 3.91. The van der Waals surface area contributed by atoms with E-state index in [4.69, 9.17) is 0 Å². The Hall–Kier alpha value is -1.98. The zero-order valence-corrected chi connectivity index (χ0v) is 18.4. The van der Waals surface area contributed by atoms with Crippen molar-refractivity contribution in [2.24, 2.45) is 12.0 Å². The lowest BCUT2D eigenvalue weighted by atomic mass is 10.3. The molecule has 0 saturated heterocycles. The first-order chi connectivity index (χ1) is 12.8. The third kappa shape index (κ3) is 7.95. The van der Waals surface area contributed by atoms with Gasteiger partial charge in [0.2, 0.25) is 5.88 Å². The van der Waals surface area contributed by atoms with Crippen LogP contribution in [0.25, 0.3) is 0 Å². The monoisotopic (exact) mass is 511 g/mol. The molecule has 0 atom stereocenters. The Morgan fingerprint density at radius 2 is 2.11 bits per heavy atom. The topological polar surface area (TPSA) is 54.7 Å². The maximum Gasteiger partial charge on any atom is 0.422 e. The third-order valence-electron chi connectivity index (χ3n) is 3.74. The molecule has 0 aliphatic heterocycles. The molecule has 2 rings (SSSR count). The van der Waals surface area contributed by atoms with Gasteiger partial charge in [0.15, 0.2) is 12.6 Å². The minimum atomic E-state index is -4.40. The Morgan fingerprint density at radius 3 is 2.71 bits per heavy atom. The molecule has 0 bridgehead atoms. The Balaban J connectivity index is 0.00000392. The van der Waals surface area contributed by atoms with Crippen molar-refractivity contribution < 1.29 is 17.9 Å². The molecule has 0 unspecified atom stereocenters. The molecule has 6 nitrogen and oxygen atoms in total. The van der Waals surface area contributed by atoms with Gasteiger partial charge in [0.1, 0.15) is 0 Å². The maximum atomic E-state index is 12.3. The van der Waals surface area contributed by atoms with Crippen molar-refractivity contribution in [2.45, 2.75) is 26.2 Å². The van der Waals surface area contributed by atoms with Gasteiger partial charge in [-0.15, -0.1) is 24.0 Å². The van der Waals surface area contributed by atoms with Crippen LogP contribution in [-0.4, -0.2) is 46.8 Å². The predicted octanol–water partition coefficient (Wildman–Crippen LogP) is 3.58. The van der Waals surface area contributed by atoms with Crippen LogP contribution in [0, 0.1) is 0 Å². The molecule has 0 aliphatic carbocycles. The van der Waals surface area contributed by atoms with Gasteiger partial charge in [-0.3, -0.25) is 0 Å². The van der Waals surface area contributed by atoms with Gasteiger partial charge in [-0.25, -0.2) is 9.98 Å². The number of alkyl halides is 3. The van der Waals surface area contributed by atoms with Gasteiger partial charge < -0.3 is 19.5 Å². The van der Waals surface area contributed by atoms with E-state index in [9.17, 15) is 13.2 Å². The summed E-state index contributed by atoms with van der Waals surface area (Å²) in [6.07, 6.45) is -1.00. The molecule has 0 saturated carbocycles. The lowest BCUT2D eigenvalue weighted by Crippen LogP contribution is -2.38. The van der Waals surface area contributed by atoms with Gasteiger partial charge in [-0.2, -0.15) is 13.2 Å². The number of aromatic nitrogens is 2. The minimum Gasteiger partial charge on any atom is -0.468 e. The van der Waals surface area contributed by atoms with Crippen molar-refractivity contribution in [1.82, 2.24) is 19.8 Å². The van der Waals surface area contributed by atoms with E-state index in [0.717, 1.165) is 5.69 Å². The van der Waals surface area contributed by atoms with Crippen LogP contribution in [0.1, 0.15) is 18.2 Å². The summed E-state index contributed by atoms with van der Waals surface area (Å²) in [4.78, 5) is 10.3. The summed E-state index contributed by atoms with van der Waals surface area (Å²) in [5.41, 5.74) is 1.85. The van der Waals surface area contributed by atoms with E-state index >= 15 is 0 Å². The van der Waals surface area contributed by atoms with E-state index < -0.39 is 12.8 Å². The largest absolute Gasteiger partial charge is 0.468 e. The van der Waals surface area contributed by atoms with Gasteiger partial charge >= 0.3 is 6.18 Å². The highest BCUT2D eigenvalue weighted by Gasteiger charge is 2.28. The van der Waals surface area contributed by atoms with Crippen molar-refractivity contribution in [2.75, 3.05) is 20.2 Å². The summed E-state index contributed by atoms with van der Waals surface area (Å²) in [6.45, 7) is 2.28. The molecule has 1 N–H and O–H groups in total. The lowest BCUT2D eigenvalue weighted by Gasteiger charge is -2.22. The molecule has 0 amide bonds. The van der Waals surface area contributed by atoms with E-state index in [-0.39, 0.29) is 29.9 Å². The van der Waals surface area contributed by atoms with E-state index in [0.29, 0.717) is 31.2 Å².